The normalized spacial score (nSPS) is 28.2. The highest BCUT2D eigenvalue weighted by molar-refractivity contribution is 4.84. The third-order valence-corrected chi connectivity index (χ3v) is 3.75. The molecule has 1 heterocycles. The highest BCUT2D eigenvalue weighted by Gasteiger charge is 2.37. The summed E-state index contributed by atoms with van der Waals surface area (Å²) in [5.41, 5.74) is 0. The Morgan fingerprint density at radius 2 is 1.72 bits per heavy atom. The molecule has 0 aromatic carbocycles. The van der Waals surface area contributed by atoms with Crippen LogP contribution in [0.15, 0.2) is 5.18 Å². The minimum absolute atomic E-state index is 0.0387. The van der Waals surface area contributed by atoms with Gasteiger partial charge in [0.25, 0.3) is 0 Å². The molecule has 0 amide bonds. The van der Waals surface area contributed by atoms with Crippen LogP contribution in [-0.4, -0.2) is 106 Å². The van der Waals surface area contributed by atoms with Gasteiger partial charge in [0.15, 0.2) is 6.29 Å². The summed E-state index contributed by atoms with van der Waals surface area (Å²) >= 11 is 0. The maximum absolute atomic E-state index is 10.2. The molecule has 1 saturated heterocycles. The number of aliphatic hydroxyl groups excluding tert-OH is 7. The van der Waals surface area contributed by atoms with Gasteiger partial charge >= 0.3 is 0 Å². The van der Waals surface area contributed by atoms with Gasteiger partial charge in [-0.1, -0.05) is 5.18 Å². The summed E-state index contributed by atoms with van der Waals surface area (Å²) in [5, 5.41) is 66.5. The number of nitroso groups, excluding NO2 is 1. The number of ether oxygens (including phenoxy) is 2. The zero-order chi connectivity index (χ0) is 19.4. The topological polar surface area (TPSA) is 189 Å². The molecule has 0 saturated carbocycles. The van der Waals surface area contributed by atoms with E-state index in [-0.39, 0.29) is 19.4 Å². The Kier molecular flexibility index (Phi) is 13.0. The predicted molar refractivity (Wildman–Crippen MR) is 84.4 cm³/mol. The number of aliphatic hydroxyl groups is 7. The molecule has 7 N–H and O–H groups in total. The lowest BCUT2D eigenvalue weighted by Crippen LogP contribution is -2.52. The first-order valence-electron chi connectivity index (χ1n) is 7.93. The van der Waals surface area contributed by atoms with E-state index in [2.05, 4.69) is 5.18 Å². The number of nitrogens with zero attached hydrogens (tertiary/aromatic N) is 1. The fraction of sp³-hybridized carbons (Fsp3) is 1.00. The quantitative estimate of drug-likeness (QED) is 0.196. The maximum Gasteiger partial charge on any atom is 0.158 e. The van der Waals surface area contributed by atoms with Gasteiger partial charge < -0.3 is 45.2 Å². The molecule has 0 aromatic rings. The lowest BCUT2D eigenvalue weighted by Gasteiger charge is -2.37. The molecule has 150 valence electrons. The van der Waals surface area contributed by atoms with Gasteiger partial charge in [0.2, 0.25) is 0 Å². The summed E-state index contributed by atoms with van der Waals surface area (Å²) in [6, 6.07) is 0. The van der Waals surface area contributed by atoms with Crippen molar-refractivity contribution in [2.45, 2.75) is 62.2 Å². The molecule has 0 bridgehead atoms. The lowest BCUT2D eigenvalue weighted by molar-refractivity contribution is -0.271. The second-order valence-corrected chi connectivity index (χ2v) is 5.48. The Hall–Kier alpha value is -0.760. The van der Waals surface area contributed by atoms with Crippen molar-refractivity contribution in [2.24, 2.45) is 5.18 Å². The molecule has 0 aliphatic carbocycles. The van der Waals surface area contributed by atoms with Crippen molar-refractivity contribution in [3.63, 3.8) is 0 Å². The van der Waals surface area contributed by atoms with Crippen molar-refractivity contribution in [2.75, 3.05) is 26.9 Å². The van der Waals surface area contributed by atoms with Crippen molar-refractivity contribution in [1.82, 2.24) is 0 Å². The van der Waals surface area contributed by atoms with Gasteiger partial charge in [-0.25, -0.2) is 0 Å². The van der Waals surface area contributed by atoms with Gasteiger partial charge in [0.05, 0.1) is 32.0 Å². The summed E-state index contributed by atoms with van der Waals surface area (Å²) in [5.74, 6) is 0. The third-order valence-electron chi connectivity index (χ3n) is 3.75. The van der Waals surface area contributed by atoms with Crippen molar-refractivity contribution in [1.29, 1.82) is 0 Å². The molecule has 0 aromatic heterocycles. The molecule has 25 heavy (non-hydrogen) atoms. The van der Waals surface area contributed by atoms with Crippen LogP contribution in [-0.2, 0) is 9.47 Å². The number of rotatable bonds is 10. The first kappa shape index (κ1) is 24.2. The first-order valence-corrected chi connectivity index (χ1v) is 7.93. The fourth-order valence-electron chi connectivity index (χ4n) is 2.39. The van der Waals surface area contributed by atoms with Crippen molar-refractivity contribution in [3.8, 4) is 0 Å². The van der Waals surface area contributed by atoms with Crippen molar-refractivity contribution < 1.29 is 45.2 Å². The van der Waals surface area contributed by atoms with E-state index < -0.39 is 56.1 Å². The minimum Gasteiger partial charge on any atom is -0.400 e. The smallest absolute Gasteiger partial charge is 0.158 e. The molecular formula is C14H29NO10. The summed E-state index contributed by atoms with van der Waals surface area (Å²) < 4.78 is 10.9. The number of hydrogen-bond acceptors (Lipinski definition) is 11. The molecule has 4 unspecified atom stereocenters. The molecule has 0 spiro atoms. The Balaban J connectivity index is 0.00000277. The second kappa shape index (κ2) is 13.4. The molecular weight excluding hydrogens is 342 g/mol. The standard InChI is InChI=1S/C13H25NO9.CH4O/c15-5-8(18)12(20)13(9(19)6-16)23-11-2-1-7(17)10(22-11)3-4-14-21;1-2/h7-13,15-20H,1-6H2;2H,1H3/t7-,8?,9+,10?,11+,12?,13?;/m0./s1. The average Bonchev–Trinajstić information content (AvgIpc) is 2.65. The van der Waals surface area contributed by atoms with Crippen LogP contribution < -0.4 is 0 Å². The van der Waals surface area contributed by atoms with Crippen LogP contribution >= 0.6 is 0 Å². The fourth-order valence-corrected chi connectivity index (χ4v) is 2.39. The van der Waals surface area contributed by atoms with Crippen LogP contribution in [0.5, 0.6) is 0 Å². The molecule has 7 atom stereocenters. The maximum atomic E-state index is 10.2. The zero-order valence-electron chi connectivity index (χ0n) is 14.1. The summed E-state index contributed by atoms with van der Waals surface area (Å²) in [7, 11) is 1.00. The second-order valence-electron chi connectivity index (χ2n) is 5.48. The van der Waals surface area contributed by atoms with E-state index in [9.17, 15) is 25.3 Å². The van der Waals surface area contributed by atoms with Crippen LogP contribution in [0.3, 0.4) is 0 Å². The van der Waals surface area contributed by atoms with E-state index in [4.69, 9.17) is 24.8 Å². The monoisotopic (exact) mass is 371 g/mol. The zero-order valence-corrected chi connectivity index (χ0v) is 14.1. The Bertz CT molecular complexity index is 348. The van der Waals surface area contributed by atoms with Gasteiger partial charge in [-0.15, -0.1) is 0 Å². The highest BCUT2D eigenvalue weighted by Crippen LogP contribution is 2.25. The van der Waals surface area contributed by atoms with Crippen LogP contribution in [0.1, 0.15) is 19.3 Å². The number of hydrogen-bond donors (Lipinski definition) is 7. The van der Waals surface area contributed by atoms with Crippen LogP contribution in [0.4, 0.5) is 0 Å². The summed E-state index contributed by atoms with van der Waals surface area (Å²) in [4.78, 5) is 10.2. The third kappa shape index (κ3) is 7.98. The Morgan fingerprint density at radius 1 is 1.12 bits per heavy atom. The van der Waals surface area contributed by atoms with Crippen LogP contribution in [0, 0.1) is 4.91 Å². The van der Waals surface area contributed by atoms with E-state index in [0.717, 1.165) is 7.11 Å². The molecule has 11 nitrogen and oxygen atoms in total. The van der Waals surface area contributed by atoms with Gasteiger partial charge in [0.1, 0.15) is 24.4 Å². The average molecular weight is 371 g/mol. The minimum atomic E-state index is -1.65. The van der Waals surface area contributed by atoms with E-state index in [1.807, 2.05) is 0 Å². The van der Waals surface area contributed by atoms with E-state index in [1.165, 1.54) is 0 Å². The largest absolute Gasteiger partial charge is 0.400 e. The van der Waals surface area contributed by atoms with E-state index in [0.29, 0.717) is 6.42 Å². The Morgan fingerprint density at radius 3 is 2.24 bits per heavy atom. The van der Waals surface area contributed by atoms with Gasteiger partial charge in [-0.05, 0) is 12.8 Å². The highest BCUT2D eigenvalue weighted by atomic mass is 16.7. The summed E-state index contributed by atoms with van der Waals surface area (Å²) in [6.45, 7) is -1.52. The molecule has 11 heteroatoms. The van der Waals surface area contributed by atoms with Crippen molar-refractivity contribution >= 4 is 0 Å². The Labute approximate surface area is 145 Å². The van der Waals surface area contributed by atoms with E-state index in [1.54, 1.807) is 0 Å². The van der Waals surface area contributed by atoms with Gasteiger partial charge in [-0.3, -0.25) is 0 Å². The molecule has 1 rings (SSSR count). The van der Waals surface area contributed by atoms with Crippen molar-refractivity contribution in [3.05, 3.63) is 4.91 Å². The SMILES string of the molecule is CO.O=NCCC1O[C@H](OC(C(O)C(O)CO)[C@H](O)CO)CC[C@@H]1O. The van der Waals surface area contributed by atoms with Gasteiger partial charge in [-0.2, -0.15) is 4.91 Å². The molecule has 1 aliphatic rings. The van der Waals surface area contributed by atoms with Crippen LogP contribution in [0.25, 0.3) is 0 Å². The van der Waals surface area contributed by atoms with Crippen LogP contribution in [0.2, 0.25) is 0 Å². The summed E-state index contributed by atoms with van der Waals surface area (Å²) in [6.07, 6.45) is -7.73. The molecule has 1 aliphatic heterocycles. The predicted octanol–water partition coefficient (Wildman–Crippen LogP) is -2.93. The molecule has 1 fully saturated rings. The van der Waals surface area contributed by atoms with E-state index >= 15 is 0 Å². The first-order chi connectivity index (χ1) is 11.9. The molecule has 0 radical (unpaired) electrons. The van der Waals surface area contributed by atoms with Gasteiger partial charge in [0, 0.05) is 13.5 Å². The lowest BCUT2D eigenvalue weighted by atomic mass is 10.0.